The van der Waals surface area contributed by atoms with E-state index >= 15 is 0 Å². The Morgan fingerprint density at radius 1 is 1.71 bits per heavy atom. The third-order valence-electron chi connectivity index (χ3n) is 0.873. The zero-order valence-electron chi connectivity index (χ0n) is 4.69. The molecule has 0 aromatic heterocycles. The SMILES string of the molecule is [CH2]C(=O)/C(C)=C/C. The van der Waals surface area contributed by atoms with Gasteiger partial charge in [-0.15, -0.1) is 0 Å². The highest BCUT2D eigenvalue weighted by molar-refractivity contribution is 5.97. The smallest absolute Gasteiger partial charge is 0.158 e. The molecule has 0 atom stereocenters. The average molecular weight is 97.1 g/mol. The molecule has 0 aromatic carbocycles. The molecule has 1 nitrogen and oxygen atoms in total. The standard InChI is InChI=1S/C6H9O/c1-4-5(2)6(3)7/h4H,3H2,1-2H3/b5-4+. The Morgan fingerprint density at radius 3 is 2.14 bits per heavy atom. The van der Waals surface area contributed by atoms with Crippen LogP contribution in [0.2, 0.25) is 0 Å². The van der Waals surface area contributed by atoms with Crippen LogP contribution in [-0.2, 0) is 4.79 Å². The van der Waals surface area contributed by atoms with Crippen molar-refractivity contribution in [2.75, 3.05) is 0 Å². The van der Waals surface area contributed by atoms with Crippen LogP contribution < -0.4 is 0 Å². The molecule has 0 aromatic rings. The maximum Gasteiger partial charge on any atom is 0.158 e. The van der Waals surface area contributed by atoms with E-state index in [4.69, 9.17) is 0 Å². The Hall–Kier alpha value is -0.590. The second-order valence-corrected chi connectivity index (χ2v) is 1.39. The van der Waals surface area contributed by atoms with Crippen molar-refractivity contribution in [3.8, 4) is 0 Å². The predicted molar refractivity (Wildman–Crippen MR) is 29.8 cm³/mol. The first kappa shape index (κ1) is 6.41. The van der Waals surface area contributed by atoms with Crippen LogP contribution in [0, 0.1) is 6.92 Å². The van der Waals surface area contributed by atoms with Gasteiger partial charge in [0.1, 0.15) is 0 Å². The van der Waals surface area contributed by atoms with Crippen LogP contribution in [-0.4, -0.2) is 5.78 Å². The van der Waals surface area contributed by atoms with Gasteiger partial charge in [-0.2, -0.15) is 0 Å². The van der Waals surface area contributed by atoms with E-state index in [0.717, 1.165) is 5.57 Å². The van der Waals surface area contributed by atoms with Gasteiger partial charge in [0.05, 0.1) is 0 Å². The Kier molecular flexibility index (Phi) is 2.34. The highest BCUT2D eigenvalue weighted by Crippen LogP contribution is 1.89. The van der Waals surface area contributed by atoms with E-state index in [9.17, 15) is 4.79 Å². The molecule has 0 fully saturated rings. The zero-order valence-corrected chi connectivity index (χ0v) is 4.69. The second-order valence-electron chi connectivity index (χ2n) is 1.39. The first-order valence-electron chi connectivity index (χ1n) is 2.17. The van der Waals surface area contributed by atoms with E-state index in [1.807, 2.05) is 6.92 Å². The van der Waals surface area contributed by atoms with E-state index in [1.165, 1.54) is 0 Å². The lowest BCUT2D eigenvalue weighted by Crippen LogP contribution is -1.89. The topological polar surface area (TPSA) is 17.1 Å². The lowest BCUT2D eigenvalue weighted by atomic mass is 10.2. The quantitative estimate of drug-likeness (QED) is 0.451. The number of hydrogen-bond acceptors (Lipinski definition) is 1. The Balaban J connectivity index is 3.82. The first-order chi connectivity index (χ1) is 3.18. The van der Waals surface area contributed by atoms with Crippen LogP contribution in [0.3, 0.4) is 0 Å². The molecular weight excluding hydrogens is 88.1 g/mol. The van der Waals surface area contributed by atoms with Crippen molar-refractivity contribution in [2.24, 2.45) is 0 Å². The zero-order chi connectivity index (χ0) is 5.86. The molecule has 1 heteroatoms. The first-order valence-corrected chi connectivity index (χ1v) is 2.17. The molecule has 0 spiro atoms. The fourth-order valence-corrected chi connectivity index (χ4v) is 0.161. The monoisotopic (exact) mass is 97.1 g/mol. The molecule has 0 unspecified atom stereocenters. The van der Waals surface area contributed by atoms with Crippen LogP contribution >= 0.6 is 0 Å². The molecule has 0 rings (SSSR count). The number of carbonyl (C=O) groups is 1. The van der Waals surface area contributed by atoms with E-state index in [-0.39, 0.29) is 5.78 Å². The van der Waals surface area contributed by atoms with Crippen molar-refractivity contribution in [1.82, 2.24) is 0 Å². The summed E-state index contributed by atoms with van der Waals surface area (Å²) in [6, 6.07) is 0. The maximum atomic E-state index is 10.2. The normalized spacial score (nSPS) is 11.6. The number of carbonyl (C=O) groups excluding carboxylic acids is 1. The highest BCUT2D eigenvalue weighted by atomic mass is 16.1. The van der Waals surface area contributed by atoms with Gasteiger partial charge in [-0.05, 0) is 19.4 Å². The summed E-state index contributed by atoms with van der Waals surface area (Å²) in [4.78, 5) is 10.2. The fourth-order valence-electron chi connectivity index (χ4n) is 0.161. The van der Waals surface area contributed by atoms with Gasteiger partial charge in [0.25, 0.3) is 0 Å². The second kappa shape index (κ2) is 2.56. The molecule has 0 N–H and O–H groups in total. The summed E-state index contributed by atoms with van der Waals surface area (Å²) in [6.45, 7) is 6.77. The molecule has 0 aliphatic carbocycles. The van der Waals surface area contributed by atoms with Gasteiger partial charge in [-0.25, -0.2) is 0 Å². The minimum Gasteiger partial charge on any atom is -0.295 e. The molecule has 39 valence electrons. The number of Topliss-reactive ketones (excluding diaryl/α,β-unsaturated/α-hetero) is 1. The average Bonchev–Trinajstić information content (AvgIpc) is 1.65. The third kappa shape index (κ3) is 2.15. The van der Waals surface area contributed by atoms with Gasteiger partial charge in [-0.1, -0.05) is 6.08 Å². The highest BCUT2D eigenvalue weighted by Gasteiger charge is 1.89. The van der Waals surface area contributed by atoms with E-state index in [1.54, 1.807) is 13.0 Å². The maximum absolute atomic E-state index is 10.2. The van der Waals surface area contributed by atoms with Crippen molar-refractivity contribution in [2.45, 2.75) is 13.8 Å². The molecule has 0 bridgehead atoms. The molecule has 0 amide bonds. The molecular formula is C6H9O. The van der Waals surface area contributed by atoms with Crippen molar-refractivity contribution < 1.29 is 4.79 Å². The van der Waals surface area contributed by atoms with Crippen molar-refractivity contribution >= 4 is 5.78 Å². The van der Waals surface area contributed by atoms with Gasteiger partial charge in [0.15, 0.2) is 5.78 Å². The van der Waals surface area contributed by atoms with E-state index < -0.39 is 0 Å². The van der Waals surface area contributed by atoms with Crippen LogP contribution in [0.5, 0.6) is 0 Å². The summed E-state index contributed by atoms with van der Waals surface area (Å²) in [5.74, 6) is -0.0949. The Bertz CT molecular complexity index is 101. The molecule has 0 saturated carbocycles. The molecule has 7 heavy (non-hydrogen) atoms. The lowest BCUT2D eigenvalue weighted by Gasteiger charge is -1.85. The number of ketones is 1. The Labute approximate surface area is 44.0 Å². The molecule has 0 aliphatic rings. The van der Waals surface area contributed by atoms with Crippen molar-refractivity contribution in [3.05, 3.63) is 18.6 Å². The summed E-state index contributed by atoms with van der Waals surface area (Å²) in [7, 11) is 0. The summed E-state index contributed by atoms with van der Waals surface area (Å²) >= 11 is 0. The van der Waals surface area contributed by atoms with E-state index in [0.29, 0.717) is 0 Å². The summed E-state index contributed by atoms with van der Waals surface area (Å²) in [5, 5.41) is 0. The van der Waals surface area contributed by atoms with Gasteiger partial charge < -0.3 is 0 Å². The lowest BCUT2D eigenvalue weighted by molar-refractivity contribution is -0.111. The number of hydrogen-bond donors (Lipinski definition) is 0. The fraction of sp³-hybridized carbons (Fsp3) is 0.333. The predicted octanol–water partition coefficient (Wildman–Crippen LogP) is 1.36. The molecule has 0 heterocycles. The molecule has 0 aliphatic heterocycles. The summed E-state index contributed by atoms with van der Waals surface area (Å²) in [6.07, 6.45) is 1.75. The summed E-state index contributed by atoms with van der Waals surface area (Å²) in [5.41, 5.74) is 0.722. The van der Waals surface area contributed by atoms with Gasteiger partial charge in [-0.3, -0.25) is 4.79 Å². The molecule has 0 saturated heterocycles. The summed E-state index contributed by atoms with van der Waals surface area (Å²) < 4.78 is 0. The van der Waals surface area contributed by atoms with Gasteiger partial charge >= 0.3 is 0 Å². The van der Waals surface area contributed by atoms with Gasteiger partial charge in [0, 0.05) is 6.92 Å². The largest absolute Gasteiger partial charge is 0.295 e. The van der Waals surface area contributed by atoms with Crippen molar-refractivity contribution in [1.29, 1.82) is 0 Å². The number of allylic oxidation sites excluding steroid dienone is 2. The molecule has 1 radical (unpaired) electrons. The Morgan fingerprint density at radius 2 is 2.14 bits per heavy atom. The van der Waals surface area contributed by atoms with Crippen LogP contribution in [0.1, 0.15) is 13.8 Å². The minimum atomic E-state index is -0.0949. The van der Waals surface area contributed by atoms with E-state index in [2.05, 4.69) is 6.92 Å². The van der Waals surface area contributed by atoms with Crippen LogP contribution in [0.4, 0.5) is 0 Å². The van der Waals surface area contributed by atoms with Crippen LogP contribution in [0.15, 0.2) is 11.6 Å². The third-order valence-corrected chi connectivity index (χ3v) is 0.873. The minimum absolute atomic E-state index is 0.0949. The number of rotatable bonds is 1. The van der Waals surface area contributed by atoms with Crippen molar-refractivity contribution in [3.63, 3.8) is 0 Å². The van der Waals surface area contributed by atoms with Gasteiger partial charge in [0.2, 0.25) is 0 Å². The van der Waals surface area contributed by atoms with Crippen LogP contribution in [0.25, 0.3) is 0 Å².